The third-order valence-electron chi connectivity index (χ3n) is 3.83. The summed E-state index contributed by atoms with van der Waals surface area (Å²) in [6.07, 6.45) is 3.22. The summed E-state index contributed by atoms with van der Waals surface area (Å²) < 4.78 is 7.07. The third-order valence-corrected chi connectivity index (χ3v) is 3.83. The second kappa shape index (κ2) is 5.66. The predicted octanol–water partition coefficient (Wildman–Crippen LogP) is 2.84. The van der Waals surface area contributed by atoms with E-state index in [-0.39, 0.29) is 0 Å². The Balaban J connectivity index is 1.91. The Labute approximate surface area is 137 Å². The summed E-state index contributed by atoms with van der Waals surface area (Å²) in [6.45, 7) is 0.431. The van der Waals surface area contributed by atoms with Gasteiger partial charge in [-0.3, -0.25) is 4.79 Å². The molecule has 0 saturated heterocycles. The highest BCUT2D eigenvalue weighted by Crippen LogP contribution is 2.25. The largest absolute Gasteiger partial charge is 0.467 e. The highest BCUT2D eigenvalue weighted by Gasteiger charge is 2.16. The Morgan fingerprint density at radius 2 is 2.00 bits per heavy atom. The molecule has 6 nitrogen and oxygen atoms in total. The third kappa shape index (κ3) is 2.44. The number of carbonyl (C=O) groups is 1. The van der Waals surface area contributed by atoms with Crippen LogP contribution in [-0.4, -0.2) is 20.7 Å². The molecule has 0 saturated carbocycles. The number of pyridine rings is 1. The lowest BCUT2D eigenvalue weighted by atomic mass is 10.1. The summed E-state index contributed by atoms with van der Waals surface area (Å²) in [7, 11) is 0. The zero-order chi connectivity index (χ0) is 16.5. The number of aromatic nitrogens is 3. The van der Waals surface area contributed by atoms with Crippen molar-refractivity contribution in [2.45, 2.75) is 6.54 Å². The second-order valence-corrected chi connectivity index (χ2v) is 5.40. The number of carbonyl (C=O) groups excluding carboxylic acids is 1. The Hall–Kier alpha value is -3.41. The maximum absolute atomic E-state index is 11.9. The van der Waals surface area contributed by atoms with Crippen LogP contribution in [0.2, 0.25) is 0 Å². The molecule has 0 radical (unpaired) electrons. The van der Waals surface area contributed by atoms with E-state index in [1.807, 2.05) is 42.5 Å². The van der Waals surface area contributed by atoms with Crippen LogP contribution >= 0.6 is 0 Å². The van der Waals surface area contributed by atoms with Crippen molar-refractivity contribution in [1.29, 1.82) is 0 Å². The van der Waals surface area contributed by atoms with Crippen molar-refractivity contribution in [3.05, 3.63) is 72.3 Å². The normalized spacial score (nSPS) is 11.0. The van der Waals surface area contributed by atoms with Gasteiger partial charge in [0.2, 0.25) is 5.91 Å². The van der Waals surface area contributed by atoms with Gasteiger partial charge in [-0.05, 0) is 18.2 Å². The van der Waals surface area contributed by atoms with Gasteiger partial charge in [0.15, 0.2) is 5.65 Å². The average Bonchev–Trinajstić information content (AvgIpc) is 3.25. The summed E-state index contributed by atoms with van der Waals surface area (Å²) in [4.78, 5) is 16.5. The highest BCUT2D eigenvalue weighted by molar-refractivity contribution is 6.05. The number of fused-ring (bicyclic) bond motifs is 1. The molecule has 118 valence electrons. The molecule has 0 aliphatic carbocycles. The van der Waals surface area contributed by atoms with Crippen LogP contribution in [0.4, 0.5) is 0 Å². The first kappa shape index (κ1) is 14.2. The minimum atomic E-state index is -0.503. The van der Waals surface area contributed by atoms with Gasteiger partial charge in [-0.2, -0.15) is 5.10 Å². The summed E-state index contributed by atoms with van der Waals surface area (Å²) in [6, 6.07) is 15.0. The van der Waals surface area contributed by atoms with Gasteiger partial charge in [0.05, 0.1) is 29.1 Å². The molecule has 4 aromatic rings. The fourth-order valence-electron chi connectivity index (χ4n) is 2.67. The molecule has 1 aromatic carbocycles. The van der Waals surface area contributed by atoms with Gasteiger partial charge in [-0.25, -0.2) is 9.67 Å². The molecule has 0 bridgehead atoms. The Morgan fingerprint density at radius 1 is 1.17 bits per heavy atom. The minimum absolute atomic E-state index is 0.407. The lowest BCUT2D eigenvalue weighted by Gasteiger charge is -2.06. The van der Waals surface area contributed by atoms with Crippen molar-refractivity contribution in [3.63, 3.8) is 0 Å². The van der Waals surface area contributed by atoms with Crippen molar-refractivity contribution < 1.29 is 9.21 Å². The summed E-state index contributed by atoms with van der Waals surface area (Å²) >= 11 is 0. The quantitative estimate of drug-likeness (QED) is 0.627. The van der Waals surface area contributed by atoms with Crippen LogP contribution in [0.15, 0.2) is 65.4 Å². The van der Waals surface area contributed by atoms with Crippen LogP contribution in [0, 0.1) is 0 Å². The van der Waals surface area contributed by atoms with E-state index in [9.17, 15) is 4.79 Å². The van der Waals surface area contributed by atoms with Crippen LogP contribution < -0.4 is 5.73 Å². The van der Waals surface area contributed by atoms with Crippen molar-refractivity contribution in [2.24, 2.45) is 5.73 Å². The Morgan fingerprint density at radius 3 is 2.71 bits per heavy atom. The summed E-state index contributed by atoms with van der Waals surface area (Å²) in [5, 5.41) is 4.97. The first-order valence-corrected chi connectivity index (χ1v) is 7.46. The molecular weight excluding hydrogens is 304 g/mol. The van der Waals surface area contributed by atoms with Gasteiger partial charge in [0.1, 0.15) is 12.3 Å². The van der Waals surface area contributed by atoms with Gasteiger partial charge < -0.3 is 10.2 Å². The summed E-state index contributed by atoms with van der Waals surface area (Å²) in [5.74, 6) is 0.254. The van der Waals surface area contributed by atoms with Gasteiger partial charge in [0.25, 0.3) is 0 Å². The molecule has 1 amide bonds. The first-order chi connectivity index (χ1) is 11.7. The SMILES string of the molecule is NC(=O)c1cc(-c2ccccc2)nc2c1cnn2Cc1ccco1. The van der Waals surface area contributed by atoms with E-state index >= 15 is 0 Å². The maximum atomic E-state index is 11.9. The van der Waals surface area contributed by atoms with Gasteiger partial charge >= 0.3 is 0 Å². The molecule has 0 atom stereocenters. The number of hydrogen-bond acceptors (Lipinski definition) is 4. The van der Waals surface area contributed by atoms with Crippen LogP contribution in [-0.2, 0) is 6.54 Å². The molecule has 0 aliphatic rings. The zero-order valence-corrected chi connectivity index (χ0v) is 12.7. The maximum Gasteiger partial charge on any atom is 0.249 e. The minimum Gasteiger partial charge on any atom is -0.467 e. The van der Waals surface area contributed by atoms with E-state index in [0.717, 1.165) is 11.3 Å². The zero-order valence-electron chi connectivity index (χ0n) is 12.7. The van der Waals surface area contributed by atoms with Crippen LogP contribution in [0.3, 0.4) is 0 Å². The van der Waals surface area contributed by atoms with E-state index < -0.39 is 5.91 Å². The molecule has 4 rings (SSSR count). The van der Waals surface area contributed by atoms with E-state index in [0.29, 0.717) is 28.8 Å². The number of rotatable bonds is 4. The molecule has 3 heterocycles. The molecule has 0 aliphatic heterocycles. The molecule has 3 aromatic heterocycles. The first-order valence-electron chi connectivity index (χ1n) is 7.46. The molecule has 0 spiro atoms. The molecule has 24 heavy (non-hydrogen) atoms. The lowest BCUT2D eigenvalue weighted by molar-refractivity contribution is 0.100. The Kier molecular flexibility index (Phi) is 3.35. The van der Waals surface area contributed by atoms with Gasteiger partial charge in [-0.1, -0.05) is 30.3 Å². The number of benzene rings is 1. The van der Waals surface area contributed by atoms with E-state index in [1.165, 1.54) is 0 Å². The van der Waals surface area contributed by atoms with Crippen LogP contribution in [0.1, 0.15) is 16.1 Å². The van der Waals surface area contributed by atoms with Crippen molar-refractivity contribution >= 4 is 16.9 Å². The fraction of sp³-hybridized carbons (Fsp3) is 0.0556. The molecular formula is C18H14N4O2. The van der Waals surface area contributed by atoms with E-state index in [4.69, 9.17) is 10.2 Å². The molecule has 2 N–H and O–H groups in total. The highest BCUT2D eigenvalue weighted by atomic mass is 16.3. The average molecular weight is 318 g/mol. The lowest BCUT2D eigenvalue weighted by Crippen LogP contribution is -2.12. The number of furan rings is 1. The molecule has 6 heteroatoms. The molecule has 0 unspecified atom stereocenters. The standard InChI is InChI=1S/C18H14N4O2/c19-17(23)14-9-16(12-5-2-1-3-6-12)21-18-15(14)10-20-22(18)11-13-7-4-8-24-13/h1-10H,11H2,(H2,19,23). The monoisotopic (exact) mass is 318 g/mol. The smallest absolute Gasteiger partial charge is 0.249 e. The van der Waals surface area contributed by atoms with Crippen LogP contribution in [0.5, 0.6) is 0 Å². The van der Waals surface area contributed by atoms with E-state index in [1.54, 1.807) is 23.2 Å². The fourth-order valence-corrected chi connectivity index (χ4v) is 2.67. The van der Waals surface area contributed by atoms with Crippen molar-refractivity contribution in [1.82, 2.24) is 14.8 Å². The van der Waals surface area contributed by atoms with Gasteiger partial charge in [-0.15, -0.1) is 0 Å². The van der Waals surface area contributed by atoms with Gasteiger partial charge in [0, 0.05) is 5.56 Å². The number of nitrogens with zero attached hydrogens (tertiary/aromatic N) is 3. The Bertz CT molecular complexity index is 1000. The summed E-state index contributed by atoms with van der Waals surface area (Å²) in [5.41, 5.74) is 8.14. The number of hydrogen-bond donors (Lipinski definition) is 1. The topological polar surface area (TPSA) is 86.9 Å². The molecule has 0 fully saturated rings. The number of nitrogens with two attached hydrogens (primary N) is 1. The van der Waals surface area contributed by atoms with E-state index in [2.05, 4.69) is 10.1 Å². The van der Waals surface area contributed by atoms with Crippen LogP contribution in [0.25, 0.3) is 22.3 Å². The number of amides is 1. The van der Waals surface area contributed by atoms with Crippen molar-refractivity contribution in [2.75, 3.05) is 0 Å². The second-order valence-electron chi connectivity index (χ2n) is 5.40. The number of primary amides is 1. The predicted molar refractivity (Wildman–Crippen MR) is 89.3 cm³/mol. The van der Waals surface area contributed by atoms with Crippen molar-refractivity contribution in [3.8, 4) is 11.3 Å².